The standard InChI is InChI=1S/C18H20N2O2/c1-13-6-7-14(12-19-13)18(21)20-15-8-10-17(11-9-15)22-16-4-2-3-5-16/h6-12,16H,2-5H2,1H3,(H,20,21). The molecule has 4 heteroatoms. The van der Waals surface area contributed by atoms with E-state index >= 15 is 0 Å². The number of ether oxygens (including phenoxy) is 1. The predicted octanol–water partition coefficient (Wildman–Crippen LogP) is 3.96. The molecule has 0 saturated heterocycles. The topological polar surface area (TPSA) is 51.2 Å². The number of amides is 1. The second-order valence-corrected chi connectivity index (χ2v) is 5.69. The van der Waals surface area contributed by atoms with Crippen molar-refractivity contribution in [3.05, 3.63) is 53.9 Å². The van der Waals surface area contributed by atoms with Crippen LogP contribution in [0.1, 0.15) is 41.7 Å². The second kappa shape index (κ2) is 6.60. The highest BCUT2D eigenvalue weighted by molar-refractivity contribution is 6.04. The Labute approximate surface area is 130 Å². The SMILES string of the molecule is Cc1ccc(C(=O)Nc2ccc(OC3CCCC3)cc2)cn1. The van der Waals surface area contributed by atoms with Crippen molar-refractivity contribution in [3.8, 4) is 5.75 Å². The van der Waals surface area contributed by atoms with Gasteiger partial charge >= 0.3 is 0 Å². The molecular formula is C18H20N2O2. The molecule has 1 saturated carbocycles. The van der Waals surface area contributed by atoms with E-state index in [1.807, 2.05) is 37.3 Å². The van der Waals surface area contributed by atoms with Gasteiger partial charge in [-0.1, -0.05) is 0 Å². The van der Waals surface area contributed by atoms with Crippen LogP contribution in [0.15, 0.2) is 42.6 Å². The van der Waals surface area contributed by atoms with Gasteiger partial charge in [-0.15, -0.1) is 0 Å². The number of benzene rings is 1. The first-order valence-electron chi connectivity index (χ1n) is 7.71. The minimum atomic E-state index is -0.156. The first-order valence-corrected chi connectivity index (χ1v) is 7.71. The van der Waals surface area contributed by atoms with Gasteiger partial charge in [0.05, 0.1) is 11.7 Å². The van der Waals surface area contributed by atoms with Crippen LogP contribution in [0.5, 0.6) is 5.75 Å². The lowest BCUT2D eigenvalue weighted by molar-refractivity contribution is 0.102. The molecule has 0 spiro atoms. The smallest absolute Gasteiger partial charge is 0.257 e. The molecule has 0 unspecified atom stereocenters. The van der Waals surface area contributed by atoms with Crippen molar-refractivity contribution < 1.29 is 9.53 Å². The second-order valence-electron chi connectivity index (χ2n) is 5.69. The molecule has 1 N–H and O–H groups in total. The van der Waals surface area contributed by atoms with Crippen molar-refractivity contribution in [1.82, 2.24) is 4.98 Å². The van der Waals surface area contributed by atoms with Crippen molar-refractivity contribution >= 4 is 11.6 Å². The quantitative estimate of drug-likeness (QED) is 0.929. The molecule has 22 heavy (non-hydrogen) atoms. The fourth-order valence-corrected chi connectivity index (χ4v) is 2.62. The molecule has 3 rings (SSSR count). The summed E-state index contributed by atoms with van der Waals surface area (Å²) < 4.78 is 5.91. The number of aryl methyl sites for hydroxylation is 1. The Hall–Kier alpha value is -2.36. The van der Waals surface area contributed by atoms with Crippen molar-refractivity contribution in [2.24, 2.45) is 0 Å². The van der Waals surface area contributed by atoms with Crippen LogP contribution in [0.4, 0.5) is 5.69 Å². The molecule has 1 aromatic carbocycles. The third-order valence-corrected chi connectivity index (χ3v) is 3.89. The van der Waals surface area contributed by atoms with Crippen LogP contribution in [-0.4, -0.2) is 17.0 Å². The fourth-order valence-electron chi connectivity index (χ4n) is 2.62. The van der Waals surface area contributed by atoms with Gasteiger partial charge in [0.15, 0.2) is 0 Å². The molecule has 1 aliphatic carbocycles. The van der Waals surface area contributed by atoms with Crippen LogP contribution >= 0.6 is 0 Å². The van der Waals surface area contributed by atoms with Crippen LogP contribution in [0.3, 0.4) is 0 Å². The van der Waals surface area contributed by atoms with E-state index in [0.29, 0.717) is 11.7 Å². The monoisotopic (exact) mass is 296 g/mol. The molecule has 1 fully saturated rings. The Balaban J connectivity index is 1.60. The third kappa shape index (κ3) is 3.64. The van der Waals surface area contributed by atoms with Crippen molar-refractivity contribution in [2.45, 2.75) is 38.7 Å². The van der Waals surface area contributed by atoms with Gasteiger partial charge < -0.3 is 10.1 Å². The van der Waals surface area contributed by atoms with Crippen LogP contribution in [0.25, 0.3) is 0 Å². The van der Waals surface area contributed by atoms with Crippen molar-refractivity contribution in [3.63, 3.8) is 0 Å². The number of carbonyl (C=O) groups is 1. The molecule has 2 aromatic rings. The zero-order chi connectivity index (χ0) is 15.4. The van der Waals surface area contributed by atoms with Gasteiger partial charge in [0, 0.05) is 17.6 Å². The Morgan fingerprint density at radius 3 is 2.50 bits per heavy atom. The van der Waals surface area contributed by atoms with Crippen LogP contribution < -0.4 is 10.1 Å². The average Bonchev–Trinajstić information content (AvgIpc) is 3.03. The summed E-state index contributed by atoms with van der Waals surface area (Å²) >= 11 is 0. The first kappa shape index (κ1) is 14.6. The van der Waals surface area contributed by atoms with E-state index in [1.165, 1.54) is 12.8 Å². The van der Waals surface area contributed by atoms with E-state index in [0.717, 1.165) is 30.0 Å². The van der Waals surface area contributed by atoms with Gasteiger partial charge in [0.25, 0.3) is 5.91 Å². The zero-order valence-corrected chi connectivity index (χ0v) is 12.7. The maximum atomic E-state index is 12.1. The number of rotatable bonds is 4. The van der Waals surface area contributed by atoms with E-state index < -0.39 is 0 Å². The lowest BCUT2D eigenvalue weighted by Crippen LogP contribution is -2.13. The minimum Gasteiger partial charge on any atom is -0.490 e. The Kier molecular flexibility index (Phi) is 4.37. The zero-order valence-electron chi connectivity index (χ0n) is 12.7. The van der Waals surface area contributed by atoms with E-state index in [2.05, 4.69) is 10.3 Å². The number of aromatic nitrogens is 1. The number of hydrogen-bond acceptors (Lipinski definition) is 3. The molecule has 0 radical (unpaired) electrons. The van der Waals surface area contributed by atoms with Gasteiger partial charge in [0.1, 0.15) is 5.75 Å². The van der Waals surface area contributed by atoms with Crippen LogP contribution in [0, 0.1) is 6.92 Å². The van der Waals surface area contributed by atoms with Gasteiger partial charge in [-0.25, -0.2) is 0 Å². The predicted molar refractivity (Wildman–Crippen MR) is 86.3 cm³/mol. The van der Waals surface area contributed by atoms with Crippen molar-refractivity contribution in [2.75, 3.05) is 5.32 Å². The number of carbonyl (C=O) groups excluding carboxylic acids is 1. The highest BCUT2D eigenvalue weighted by Gasteiger charge is 2.16. The van der Waals surface area contributed by atoms with E-state index in [1.54, 1.807) is 12.3 Å². The lowest BCUT2D eigenvalue weighted by atomic mass is 10.2. The maximum Gasteiger partial charge on any atom is 0.257 e. The number of hydrogen-bond donors (Lipinski definition) is 1. The molecule has 0 aliphatic heterocycles. The molecule has 1 amide bonds. The summed E-state index contributed by atoms with van der Waals surface area (Å²) in [6.07, 6.45) is 6.71. The molecule has 4 nitrogen and oxygen atoms in total. The van der Waals surface area contributed by atoms with Crippen molar-refractivity contribution in [1.29, 1.82) is 0 Å². The summed E-state index contributed by atoms with van der Waals surface area (Å²) in [5.74, 6) is 0.707. The van der Waals surface area contributed by atoms with Crippen LogP contribution in [-0.2, 0) is 0 Å². The number of anilines is 1. The highest BCUT2D eigenvalue weighted by Crippen LogP contribution is 2.25. The first-order chi connectivity index (χ1) is 10.7. The molecule has 1 heterocycles. The number of nitrogens with one attached hydrogen (secondary N) is 1. The number of nitrogens with zero attached hydrogens (tertiary/aromatic N) is 1. The lowest BCUT2D eigenvalue weighted by Gasteiger charge is -2.13. The Bertz CT molecular complexity index is 629. The van der Waals surface area contributed by atoms with E-state index in [4.69, 9.17) is 4.74 Å². The summed E-state index contributed by atoms with van der Waals surface area (Å²) in [7, 11) is 0. The summed E-state index contributed by atoms with van der Waals surface area (Å²) in [4.78, 5) is 16.2. The van der Waals surface area contributed by atoms with Gasteiger partial charge in [-0.05, 0) is 69.0 Å². The largest absolute Gasteiger partial charge is 0.490 e. The van der Waals surface area contributed by atoms with Crippen LogP contribution in [0.2, 0.25) is 0 Å². The average molecular weight is 296 g/mol. The molecule has 0 bridgehead atoms. The summed E-state index contributed by atoms with van der Waals surface area (Å²) in [5.41, 5.74) is 2.20. The minimum absolute atomic E-state index is 0.156. The third-order valence-electron chi connectivity index (χ3n) is 3.89. The van der Waals surface area contributed by atoms with Gasteiger partial charge in [-0.2, -0.15) is 0 Å². The number of pyridine rings is 1. The summed E-state index contributed by atoms with van der Waals surface area (Å²) in [5, 5.41) is 2.86. The molecular weight excluding hydrogens is 276 g/mol. The van der Waals surface area contributed by atoms with Gasteiger partial charge in [0.2, 0.25) is 0 Å². The van der Waals surface area contributed by atoms with E-state index in [-0.39, 0.29) is 5.91 Å². The molecule has 1 aromatic heterocycles. The molecule has 0 atom stereocenters. The Morgan fingerprint density at radius 1 is 1.14 bits per heavy atom. The fraction of sp³-hybridized carbons (Fsp3) is 0.333. The maximum absolute atomic E-state index is 12.1. The normalized spacial score (nSPS) is 14.8. The molecule has 1 aliphatic rings. The summed E-state index contributed by atoms with van der Waals surface area (Å²) in [6.45, 7) is 1.89. The van der Waals surface area contributed by atoms with E-state index in [9.17, 15) is 4.79 Å². The highest BCUT2D eigenvalue weighted by atomic mass is 16.5. The molecule has 114 valence electrons. The van der Waals surface area contributed by atoms with Gasteiger partial charge in [-0.3, -0.25) is 9.78 Å². The Morgan fingerprint density at radius 2 is 1.86 bits per heavy atom. The summed E-state index contributed by atoms with van der Waals surface area (Å²) in [6, 6.07) is 11.1.